The largest absolute Gasteiger partial charge is 0.477 e. The van der Waals surface area contributed by atoms with Gasteiger partial charge in [0, 0.05) is 44.9 Å². The van der Waals surface area contributed by atoms with Gasteiger partial charge in [0.15, 0.2) is 0 Å². The van der Waals surface area contributed by atoms with Crippen molar-refractivity contribution in [3.8, 4) is 5.88 Å². The number of pyridine rings is 1. The maximum absolute atomic E-state index is 13.2. The van der Waals surface area contributed by atoms with Crippen molar-refractivity contribution in [2.75, 3.05) is 31.1 Å². The van der Waals surface area contributed by atoms with Crippen molar-refractivity contribution in [1.82, 2.24) is 9.30 Å². The second-order valence-electron chi connectivity index (χ2n) is 8.60. The van der Waals surface area contributed by atoms with Gasteiger partial charge in [-0.15, -0.1) is 0 Å². The zero-order chi connectivity index (χ0) is 22.2. The number of fused-ring (bicyclic) bond motifs is 1. The molecule has 1 aromatic carbocycles. The summed E-state index contributed by atoms with van der Waals surface area (Å²) in [6.07, 6.45) is 4.04. The first-order valence-corrected chi connectivity index (χ1v) is 11.0. The molecule has 5 rings (SSSR count). The van der Waals surface area contributed by atoms with Crippen molar-refractivity contribution in [3.63, 3.8) is 0 Å². The number of nitro groups is 1. The third-order valence-corrected chi connectivity index (χ3v) is 6.43. The summed E-state index contributed by atoms with van der Waals surface area (Å²) in [5.74, 6) is 0.597. The number of aromatic hydroxyl groups is 1. The summed E-state index contributed by atoms with van der Waals surface area (Å²) in [4.78, 5) is 28.3. The fraction of sp³-hybridized carbons (Fsp3) is 0.391. The van der Waals surface area contributed by atoms with Crippen LogP contribution in [-0.4, -0.2) is 45.5 Å². The summed E-state index contributed by atoms with van der Waals surface area (Å²) in [7, 11) is 0. The van der Waals surface area contributed by atoms with E-state index < -0.39 is 0 Å². The molecular formula is C23H26N5O4+. The Morgan fingerprint density at radius 2 is 1.78 bits per heavy atom. The van der Waals surface area contributed by atoms with Gasteiger partial charge in [-0.2, -0.15) is 8.97 Å². The Labute approximate surface area is 184 Å². The van der Waals surface area contributed by atoms with E-state index in [-0.39, 0.29) is 22.0 Å². The average Bonchev–Trinajstić information content (AvgIpc) is 3.64. The van der Waals surface area contributed by atoms with E-state index in [0.717, 1.165) is 12.8 Å². The number of piperazine rings is 1. The monoisotopic (exact) mass is 436 g/mol. The Morgan fingerprint density at radius 1 is 1.06 bits per heavy atom. The lowest BCUT2D eigenvalue weighted by Crippen LogP contribution is -2.48. The molecule has 0 atom stereocenters. The number of nitrogens with zero attached hydrogens (tertiary/aromatic N) is 5. The second kappa shape index (κ2) is 8.23. The van der Waals surface area contributed by atoms with Gasteiger partial charge in [0.1, 0.15) is 11.3 Å². The predicted molar refractivity (Wildman–Crippen MR) is 119 cm³/mol. The van der Waals surface area contributed by atoms with Crippen LogP contribution in [0.2, 0.25) is 0 Å². The molecule has 0 bridgehead atoms. The first-order valence-electron chi connectivity index (χ1n) is 11.0. The van der Waals surface area contributed by atoms with E-state index in [4.69, 9.17) is 0 Å². The molecule has 2 fully saturated rings. The van der Waals surface area contributed by atoms with Crippen LogP contribution in [0.15, 0.2) is 53.5 Å². The fourth-order valence-electron chi connectivity index (χ4n) is 4.47. The maximum atomic E-state index is 13.2. The molecule has 1 saturated heterocycles. The number of aromatic nitrogens is 2. The summed E-state index contributed by atoms with van der Waals surface area (Å²) in [5.41, 5.74) is 1.62. The maximum Gasteiger partial charge on any atom is 0.350 e. The molecule has 9 nitrogen and oxygen atoms in total. The summed E-state index contributed by atoms with van der Waals surface area (Å²) in [6, 6.07) is 12.3. The van der Waals surface area contributed by atoms with E-state index >= 15 is 0 Å². The van der Waals surface area contributed by atoms with Crippen LogP contribution in [0.25, 0.3) is 5.65 Å². The third-order valence-electron chi connectivity index (χ3n) is 6.43. The molecule has 0 radical (unpaired) electrons. The number of nitro benzene ring substituents is 1. The predicted octanol–water partition coefficient (Wildman–Crippen LogP) is 1.93. The van der Waals surface area contributed by atoms with E-state index in [1.165, 1.54) is 6.07 Å². The molecule has 3 aromatic rings. The Kier molecular flexibility index (Phi) is 5.26. The molecule has 0 unspecified atom stereocenters. The Morgan fingerprint density at radius 3 is 2.50 bits per heavy atom. The summed E-state index contributed by atoms with van der Waals surface area (Å²) < 4.78 is 3.47. The molecule has 2 aliphatic rings. The molecule has 0 spiro atoms. The molecule has 1 aliphatic carbocycles. The summed E-state index contributed by atoms with van der Waals surface area (Å²) in [6.45, 7) is 3.57. The molecule has 9 heteroatoms. The highest BCUT2D eigenvalue weighted by atomic mass is 16.6. The van der Waals surface area contributed by atoms with Gasteiger partial charge in [-0.25, -0.2) is 4.79 Å². The minimum absolute atomic E-state index is 0.0502. The van der Waals surface area contributed by atoms with E-state index in [1.807, 2.05) is 27.7 Å². The van der Waals surface area contributed by atoms with Crippen molar-refractivity contribution in [2.45, 2.75) is 25.9 Å². The SMILES string of the molecule is O=c1c(CN2CCN(c3ccccc3[N+](=O)[O-])CC2)c(O)[n+](CC2CC2)c2ccccn12. The first kappa shape index (κ1) is 20.4. The van der Waals surface area contributed by atoms with Gasteiger partial charge in [-0.1, -0.05) is 18.2 Å². The molecule has 0 amide bonds. The van der Waals surface area contributed by atoms with Gasteiger partial charge in [0.25, 0.3) is 17.2 Å². The van der Waals surface area contributed by atoms with Gasteiger partial charge in [0.2, 0.25) is 0 Å². The Bertz CT molecular complexity index is 1230. The zero-order valence-corrected chi connectivity index (χ0v) is 17.8. The Balaban J connectivity index is 1.38. The van der Waals surface area contributed by atoms with Gasteiger partial charge in [-0.05, 0) is 30.9 Å². The fourth-order valence-corrected chi connectivity index (χ4v) is 4.47. The molecule has 1 saturated carbocycles. The first-order chi connectivity index (χ1) is 15.5. The van der Waals surface area contributed by atoms with Crippen molar-refractivity contribution >= 4 is 17.0 Å². The van der Waals surface area contributed by atoms with E-state index in [0.29, 0.717) is 62.1 Å². The summed E-state index contributed by atoms with van der Waals surface area (Å²) in [5, 5.41) is 22.4. The molecule has 3 heterocycles. The quantitative estimate of drug-likeness (QED) is 0.361. The molecular weight excluding hydrogens is 410 g/mol. The van der Waals surface area contributed by atoms with Crippen molar-refractivity contribution in [3.05, 3.63) is 74.7 Å². The standard InChI is InChI=1S/C23H25N5O4/c29-22-18(23(30)27(15-17-8-9-17)21-7-3-4-10-26(21)22)16-24-11-13-25(14-12-24)19-5-1-2-6-20(19)28(31)32/h1-7,10,17H,8-9,11-16H2/p+1. The second-order valence-corrected chi connectivity index (χ2v) is 8.60. The van der Waals surface area contributed by atoms with E-state index in [1.54, 1.807) is 28.8 Å². The van der Waals surface area contributed by atoms with Gasteiger partial charge in [0.05, 0.1) is 17.7 Å². The van der Waals surface area contributed by atoms with Gasteiger partial charge >= 0.3 is 5.56 Å². The topological polar surface area (TPSA) is 95.2 Å². The number of rotatable bonds is 6. The lowest BCUT2D eigenvalue weighted by Gasteiger charge is -2.35. The third kappa shape index (κ3) is 3.80. The number of anilines is 1. The van der Waals surface area contributed by atoms with Crippen molar-refractivity contribution in [2.24, 2.45) is 5.92 Å². The number of para-hydroxylation sites is 2. The minimum atomic E-state index is -0.353. The van der Waals surface area contributed by atoms with Crippen molar-refractivity contribution in [1.29, 1.82) is 0 Å². The van der Waals surface area contributed by atoms with E-state index in [9.17, 15) is 20.0 Å². The van der Waals surface area contributed by atoms with Crippen LogP contribution in [0.3, 0.4) is 0 Å². The average molecular weight is 436 g/mol. The highest BCUT2D eigenvalue weighted by molar-refractivity contribution is 5.63. The zero-order valence-electron chi connectivity index (χ0n) is 17.8. The molecule has 1 N–H and O–H groups in total. The lowest BCUT2D eigenvalue weighted by molar-refractivity contribution is -0.684. The van der Waals surface area contributed by atoms with Crippen LogP contribution in [0, 0.1) is 16.0 Å². The number of benzene rings is 1. The normalized spacial score (nSPS) is 17.1. The number of hydrogen-bond acceptors (Lipinski definition) is 6. The van der Waals surface area contributed by atoms with E-state index in [2.05, 4.69) is 4.90 Å². The Hall–Kier alpha value is -3.46. The van der Waals surface area contributed by atoms with Crippen LogP contribution in [0.1, 0.15) is 18.4 Å². The minimum Gasteiger partial charge on any atom is -0.477 e. The van der Waals surface area contributed by atoms with Crippen LogP contribution in [0.4, 0.5) is 11.4 Å². The highest BCUT2D eigenvalue weighted by Gasteiger charge is 2.31. The molecule has 2 aromatic heterocycles. The molecule has 32 heavy (non-hydrogen) atoms. The van der Waals surface area contributed by atoms with Gasteiger partial charge < -0.3 is 10.0 Å². The molecule has 166 valence electrons. The van der Waals surface area contributed by atoms with Crippen LogP contribution in [-0.2, 0) is 13.1 Å². The van der Waals surface area contributed by atoms with Gasteiger partial charge in [-0.3, -0.25) is 15.0 Å². The van der Waals surface area contributed by atoms with Crippen molar-refractivity contribution < 1.29 is 14.6 Å². The van der Waals surface area contributed by atoms with Crippen LogP contribution in [0.5, 0.6) is 5.88 Å². The van der Waals surface area contributed by atoms with Crippen LogP contribution < -0.4 is 15.0 Å². The van der Waals surface area contributed by atoms with Crippen LogP contribution >= 0.6 is 0 Å². The lowest BCUT2D eigenvalue weighted by atomic mass is 10.2. The summed E-state index contributed by atoms with van der Waals surface area (Å²) >= 11 is 0. The smallest absolute Gasteiger partial charge is 0.350 e. The number of hydrogen-bond donors (Lipinski definition) is 1. The highest BCUT2D eigenvalue weighted by Crippen LogP contribution is 2.30. The molecule has 1 aliphatic heterocycles.